The summed E-state index contributed by atoms with van der Waals surface area (Å²) in [5, 5.41) is 0. The van der Waals surface area contributed by atoms with Crippen molar-refractivity contribution in [2.75, 3.05) is 31.1 Å². The van der Waals surface area contributed by atoms with Crippen molar-refractivity contribution >= 4 is 11.6 Å². The molecule has 1 amide bonds. The first-order chi connectivity index (χ1) is 15.6. The zero-order valence-electron chi connectivity index (χ0n) is 17.8. The van der Waals surface area contributed by atoms with Crippen LogP contribution in [0.5, 0.6) is 0 Å². The maximum atomic E-state index is 13.7. The van der Waals surface area contributed by atoms with Gasteiger partial charge in [-0.15, -0.1) is 0 Å². The van der Waals surface area contributed by atoms with Crippen LogP contribution in [0.1, 0.15) is 18.4 Å². The molecule has 164 valence electrons. The van der Waals surface area contributed by atoms with Crippen LogP contribution in [-0.4, -0.2) is 52.6 Å². The molecule has 0 bridgehead atoms. The average Bonchev–Trinajstić information content (AvgIpc) is 2.83. The van der Waals surface area contributed by atoms with Crippen molar-refractivity contribution in [3.63, 3.8) is 0 Å². The Morgan fingerprint density at radius 3 is 2.47 bits per heavy atom. The van der Waals surface area contributed by atoms with Crippen LogP contribution in [0.25, 0.3) is 11.4 Å². The Balaban J connectivity index is 1.21. The molecule has 0 radical (unpaired) electrons. The summed E-state index contributed by atoms with van der Waals surface area (Å²) in [5.74, 6) is 0.259. The Labute approximate surface area is 186 Å². The Kier molecular flexibility index (Phi) is 5.68. The normalized spacial score (nSPS) is 18.8. The second-order valence-corrected chi connectivity index (χ2v) is 8.49. The third-order valence-electron chi connectivity index (χ3n) is 6.28. The molecule has 32 heavy (non-hydrogen) atoms. The lowest BCUT2D eigenvalue weighted by molar-refractivity contribution is -0.144. The van der Waals surface area contributed by atoms with Crippen LogP contribution >= 0.6 is 0 Å². The molecule has 2 aliphatic rings. The van der Waals surface area contributed by atoms with E-state index in [1.807, 2.05) is 42.7 Å². The lowest BCUT2D eigenvalue weighted by Gasteiger charge is -2.47. The Morgan fingerprint density at radius 1 is 1.00 bits per heavy atom. The number of hydrogen-bond donors (Lipinski definition) is 0. The third kappa shape index (κ3) is 4.40. The zero-order chi connectivity index (χ0) is 22.0. The van der Waals surface area contributed by atoms with Gasteiger partial charge in [0.1, 0.15) is 12.4 Å². The van der Waals surface area contributed by atoms with Gasteiger partial charge in [-0.05, 0) is 31.0 Å². The summed E-state index contributed by atoms with van der Waals surface area (Å²) in [6, 6.07) is 16.1. The number of anilines is 1. The highest BCUT2D eigenvalue weighted by molar-refractivity contribution is 5.95. The molecular weight excluding hydrogens is 407 g/mol. The molecule has 7 heteroatoms. The SMILES string of the molecule is O=C1COC2(CCN(Cc3cnc(-c4ccccc4)nc3)CC2)CN1c1cccc(F)c1. The summed E-state index contributed by atoms with van der Waals surface area (Å²) in [7, 11) is 0. The first-order valence-electron chi connectivity index (χ1n) is 10.9. The minimum Gasteiger partial charge on any atom is -0.363 e. The first-order valence-corrected chi connectivity index (χ1v) is 10.9. The molecule has 3 heterocycles. The fraction of sp³-hybridized carbons (Fsp3) is 0.320. The van der Waals surface area contributed by atoms with Gasteiger partial charge in [0, 0.05) is 48.8 Å². The summed E-state index contributed by atoms with van der Waals surface area (Å²) in [4.78, 5) is 25.5. The highest BCUT2D eigenvalue weighted by Crippen LogP contribution is 2.33. The molecule has 0 saturated carbocycles. The van der Waals surface area contributed by atoms with E-state index in [9.17, 15) is 9.18 Å². The zero-order valence-corrected chi connectivity index (χ0v) is 17.8. The lowest BCUT2D eigenvalue weighted by Crippen LogP contribution is -2.58. The predicted molar refractivity (Wildman–Crippen MR) is 119 cm³/mol. The quantitative estimate of drug-likeness (QED) is 0.630. The van der Waals surface area contributed by atoms with Gasteiger partial charge in [-0.3, -0.25) is 9.69 Å². The highest BCUT2D eigenvalue weighted by Gasteiger charge is 2.42. The minimum absolute atomic E-state index is 0.0330. The summed E-state index contributed by atoms with van der Waals surface area (Å²) in [6.07, 6.45) is 5.41. The Hall–Kier alpha value is -3.16. The van der Waals surface area contributed by atoms with Gasteiger partial charge >= 0.3 is 0 Å². The van der Waals surface area contributed by atoms with Crippen LogP contribution in [0, 0.1) is 5.82 Å². The number of halogens is 1. The predicted octanol–water partition coefficient (Wildman–Crippen LogP) is 3.68. The minimum atomic E-state index is -0.385. The van der Waals surface area contributed by atoms with E-state index in [1.165, 1.54) is 12.1 Å². The molecule has 0 N–H and O–H groups in total. The van der Waals surface area contributed by atoms with Gasteiger partial charge in [0.2, 0.25) is 0 Å². The highest BCUT2D eigenvalue weighted by atomic mass is 19.1. The number of ether oxygens (including phenoxy) is 1. The van der Waals surface area contributed by atoms with E-state index < -0.39 is 0 Å². The van der Waals surface area contributed by atoms with E-state index in [0.29, 0.717) is 12.2 Å². The number of nitrogens with zero attached hydrogens (tertiary/aromatic N) is 4. The van der Waals surface area contributed by atoms with Crippen LogP contribution in [0.4, 0.5) is 10.1 Å². The van der Waals surface area contributed by atoms with Crippen LogP contribution in [0.3, 0.4) is 0 Å². The number of amides is 1. The van der Waals surface area contributed by atoms with Gasteiger partial charge in [0.05, 0.1) is 12.1 Å². The van der Waals surface area contributed by atoms with Crippen LogP contribution < -0.4 is 4.90 Å². The van der Waals surface area contributed by atoms with E-state index >= 15 is 0 Å². The number of benzene rings is 2. The molecular formula is C25H25FN4O2. The van der Waals surface area contributed by atoms with Crippen molar-refractivity contribution in [2.45, 2.75) is 25.0 Å². The molecule has 0 aliphatic carbocycles. The molecule has 2 aromatic carbocycles. The van der Waals surface area contributed by atoms with Gasteiger partial charge in [-0.2, -0.15) is 0 Å². The smallest absolute Gasteiger partial charge is 0.253 e. The molecule has 0 unspecified atom stereocenters. The maximum Gasteiger partial charge on any atom is 0.253 e. The van der Waals surface area contributed by atoms with E-state index in [2.05, 4.69) is 14.9 Å². The average molecular weight is 432 g/mol. The van der Waals surface area contributed by atoms with Crippen molar-refractivity contribution < 1.29 is 13.9 Å². The summed E-state index contributed by atoms with van der Waals surface area (Å²) < 4.78 is 19.7. The second-order valence-electron chi connectivity index (χ2n) is 8.49. The van der Waals surface area contributed by atoms with Crippen molar-refractivity contribution in [2.24, 2.45) is 0 Å². The maximum absolute atomic E-state index is 13.7. The molecule has 1 aromatic heterocycles. The summed E-state index contributed by atoms with van der Waals surface area (Å²) in [5.41, 5.74) is 2.29. The number of piperidine rings is 1. The van der Waals surface area contributed by atoms with Gasteiger partial charge in [0.15, 0.2) is 5.82 Å². The van der Waals surface area contributed by atoms with E-state index in [0.717, 1.165) is 49.4 Å². The molecule has 3 aromatic rings. The number of likely N-dealkylation sites (tertiary alicyclic amines) is 1. The molecule has 5 rings (SSSR count). The van der Waals surface area contributed by atoms with Gasteiger partial charge in [-0.1, -0.05) is 36.4 Å². The molecule has 2 saturated heterocycles. The van der Waals surface area contributed by atoms with Gasteiger partial charge < -0.3 is 9.64 Å². The molecule has 0 atom stereocenters. The van der Waals surface area contributed by atoms with E-state index in [-0.39, 0.29) is 23.9 Å². The number of carbonyl (C=O) groups is 1. The number of morpholine rings is 1. The lowest BCUT2D eigenvalue weighted by atomic mass is 9.89. The van der Waals surface area contributed by atoms with Gasteiger partial charge in [0.25, 0.3) is 5.91 Å². The second kappa shape index (κ2) is 8.76. The van der Waals surface area contributed by atoms with Crippen molar-refractivity contribution in [3.05, 3.63) is 78.4 Å². The Bertz CT molecular complexity index is 1080. The summed E-state index contributed by atoms with van der Waals surface area (Å²) >= 11 is 0. The molecule has 2 fully saturated rings. The van der Waals surface area contributed by atoms with Gasteiger partial charge in [-0.25, -0.2) is 14.4 Å². The number of carbonyl (C=O) groups excluding carboxylic acids is 1. The van der Waals surface area contributed by atoms with Crippen LogP contribution in [0.15, 0.2) is 67.0 Å². The number of aromatic nitrogens is 2. The van der Waals surface area contributed by atoms with Crippen molar-refractivity contribution in [3.8, 4) is 11.4 Å². The van der Waals surface area contributed by atoms with E-state index in [1.54, 1.807) is 17.0 Å². The fourth-order valence-electron chi connectivity index (χ4n) is 4.45. The van der Waals surface area contributed by atoms with E-state index in [4.69, 9.17) is 4.74 Å². The molecule has 2 aliphatic heterocycles. The topological polar surface area (TPSA) is 58.6 Å². The number of rotatable bonds is 4. The third-order valence-corrected chi connectivity index (χ3v) is 6.28. The Morgan fingerprint density at radius 2 is 1.75 bits per heavy atom. The fourth-order valence-corrected chi connectivity index (χ4v) is 4.45. The number of hydrogen-bond acceptors (Lipinski definition) is 5. The largest absolute Gasteiger partial charge is 0.363 e. The van der Waals surface area contributed by atoms with Crippen LogP contribution in [0.2, 0.25) is 0 Å². The first kappa shape index (κ1) is 20.7. The molecule has 6 nitrogen and oxygen atoms in total. The van der Waals surface area contributed by atoms with Crippen molar-refractivity contribution in [1.29, 1.82) is 0 Å². The van der Waals surface area contributed by atoms with Crippen LogP contribution in [-0.2, 0) is 16.1 Å². The monoisotopic (exact) mass is 432 g/mol. The summed E-state index contributed by atoms with van der Waals surface area (Å²) in [6.45, 7) is 2.97. The molecule has 1 spiro atoms. The standard InChI is InChI=1S/C25H25FN4O2/c26-21-7-4-8-22(13-21)30-18-25(32-17-23(30)31)9-11-29(12-10-25)16-19-14-27-24(28-15-19)20-5-2-1-3-6-20/h1-8,13-15H,9-12,16-18H2. The van der Waals surface area contributed by atoms with Crippen molar-refractivity contribution in [1.82, 2.24) is 14.9 Å².